The minimum atomic E-state index is -0.621. The molecule has 4 heteroatoms. The van der Waals surface area contributed by atoms with E-state index < -0.39 is 6.10 Å². The second-order valence-electron chi connectivity index (χ2n) is 4.81. The number of para-hydroxylation sites is 2. The number of aliphatic hydroxyl groups is 1. The van der Waals surface area contributed by atoms with Crippen molar-refractivity contribution in [2.45, 2.75) is 18.6 Å². The highest BCUT2D eigenvalue weighted by atomic mass is 35.5. The Kier molecular flexibility index (Phi) is 3.81. The third-order valence-corrected chi connectivity index (χ3v) is 3.57. The quantitative estimate of drug-likeness (QED) is 0.944. The zero-order valence-corrected chi connectivity index (χ0v) is 11.6. The van der Waals surface area contributed by atoms with Gasteiger partial charge in [0.1, 0.15) is 6.61 Å². The lowest BCUT2D eigenvalue weighted by Gasteiger charge is -2.29. The lowest BCUT2D eigenvalue weighted by molar-refractivity contribution is -0.00941. The maximum Gasteiger partial charge on any atom is 0.161 e. The molecule has 0 saturated heterocycles. The summed E-state index contributed by atoms with van der Waals surface area (Å²) < 4.78 is 11.4. The number of rotatable bonds is 3. The molecule has 3 rings (SSSR count). The topological polar surface area (TPSA) is 38.7 Å². The summed E-state index contributed by atoms with van der Waals surface area (Å²) in [6.07, 6.45) is -0.474. The van der Waals surface area contributed by atoms with Gasteiger partial charge in [-0.3, -0.25) is 0 Å². The van der Waals surface area contributed by atoms with E-state index in [9.17, 15) is 5.11 Å². The Hall–Kier alpha value is -1.71. The van der Waals surface area contributed by atoms with Crippen molar-refractivity contribution in [3.8, 4) is 11.5 Å². The van der Waals surface area contributed by atoms with Crippen LogP contribution in [-0.2, 0) is 6.42 Å². The van der Waals surface area contributed by atoms with Crippen LogP contribution in [0.25, 0.3) is 0 Å². The Labute approximate surface area is 122 Å². The van der Waals surface area contributed by atoms with Gasteiger partial charge in [0.25, 0.3) is 0 Å². The Bertz CT molecular complexity index is 583. The second kappa shape index (κ2) is 5.73. The zero-order valence-electron chi connectivity index (χ0n) is 10.8. The van der Waals surface area contributed by atoms with E-state index in [4.69, 9.17) is 21.1 Å². The number of ether oxygens (including phenoxy) is 2. The summed E-state index contributed by atoms with van der Waals surface area (Å²) in [7, 11) is 0. The first kappa shape index (κ1) is 13.3. The molecule has 1 aliphatic heterocycles. The molecule has 2 aromatic carbocycles. The summed E-state index contributed by atoms with van der Waals surface area (Å²) in [5.41, 5.74) is 1.02. The summed E-state index contributed by atoms with van der Waals surface area (Å²) in [5, 5.41) is 11.0. The van der Waals surface area contributed by atoms with Crippen molar-refractivity contribution < 1.29 is 14.6 Å². The second-order valence-corrected chi connectivity index (χ2v) is 5.25. The minimum Gasteiger partial charge on any atom is -0.486 e. The summed E-state index contributed by atoms with van der Waals surface area (Å²) >= 11 is 5.85. The molecular weight excluding hydrogens is 276 g/mol. The van der Waals surface area contributed by atoms with Crippen LogP contribution >= 0.6 is 11.6 Å². The number of aliphatic hydroxyl groups excluding tert-OH is 1. The first-order chi connectivity index (χ1) is 9.72. The van der Waals surface area contributed by atoms with E-state index in [2.05, 4.69) is 0 Å². The third-order valence-electron chi connectivity index (χ3n) is 3.32. The van der Waals surface area contributed by atoms with E-state index in [-0.39, 0.29) is 6.10 Å². The molecule has 0 fully saturated rings. The van der Waals surface area contributed by atoms with E-state index in [1.165, 1.54) is 0 Å². The molecule has 20 heavy (non-hydrogen) atoms. The van der Waals surface area contributed by atoms with Crippen molar-refractivity contribution >= 4 is 11.6 Å². The molecule has 0 amide bonds. The normalized spacial score (nSPS) is 18.6. The highest BCUT2D eigenvalue weighted by Gasteiger charge is 2.27. The fraction of sp³-hybridized carbons (Fsp3) is 0.250. The van der Waals surface area contributed by atoms with E-state index >= 15 is 0 Å². The van der Waals surface area contributed by atoms with Gasteiger partial charge in [-0.2, -0.15) is 0 Å². The van der Waals surface area contributed by atoms with Gasteiger partial charge in [0.15, 0.2) is 17.6 Å². The van der Waals surface area contributed by atoms with E-state index in [0.717, 1.165) is 11.3 Å². The van der Waals surface area contributed by atoms with Gasteiger partial charge in [-0.05, 0) is 29.8 Å². The van der Waals surface area contributed by atoms with Crippen molar-refractivity contribution in [3.63, 3.8) is 0 Å². The molecule has 1 heterocycles. The Morgan fingerprint density at radius 1 is 1.10 bits per heavy atom. The van der Waals surface area contributed by atoms with Crippen LogP contribution in [0.15, 0.2) is 48.5 Å². The molecule has 104 valence electrons. The van der Waals surface area contributed by atoms with Gasteiger partial charge in [0.05, 0.1) is 6.10 Å². The molecule has 3 nitrogen and oxygen atoms in total. The Balaban J connectivity index is 1.67. The lowest BCUT2D eigenvalue weighted by atomic mass is 10.0. The predicted octanol–water partition coefficient (Wildman–Crippen LogP) is 3.08. The molecule has 0 spiro atoms. The summed E-state index contributed by atoms with van der Waals surface area (Å²) in [4.78, 5) is 0. The van der Waals surface area contributed by atoms with Crippen LogP contribution in [0.4, 0.5) is 0 Å². The van der Waals surface area contributed by atoms with Crippen molar-refractivity contribution in [1.29, 1.82) is 0 Å². The van der Waals surface area contributed by atoms with Crippen LogP contribution in [0.1, 0.15) is 5.56 Å². The van der Waals surface area contributed by atoms with Crippen LogP contribution in [0, 0.1) is 0 Å². The van der Waals surface area contributed by atoms with Gasteiger partial charge < -0.3 is 14.6 Å². The summed E-state index contributed by atoms with van der Waals surface area (Å²) in [5.74, 6) is 1.40. The van der Waals surface area contributed by atoms with Crippen LogP contribution in [-0.4, -0.2) is 23.9 Å². The average Bonchev–Trinajstić information content (AvgIpc) is 2.49. The molecule has 0 bridgehead atoms. The Morgan fingerprint density at radius 2 is 1.80 bits per heavy atom. The summed E-state index contributed by atoms with van der Waals surface area (Å²) in [6, 6.07) is 14.9. The van der Waals surface area contributed by atoms with E-state index in [0.29, 0.717) is 23.8 Å². The molecule has 1 N–H and O–H groups in total. The number of hydrogen-bond acceptors (Lipinski definition) is 3. The number of hydrogen-bond donors (Lipinski definition) is 1. The highest BCUT2D eigenvalue weighted by molar-refractivity contribution is 6.30. The number of halogens is 1. The SMILES string of the molecule is OC(Cc1ccc(Cl)cc1)C1COc2ccccc2O1. The number of fused-ring (bicyclic) bond motifs is 1. The van der Waals surface area contributed by atoms with Crippen LogP contribution in [0.3, 0.4) is 0 Å². The standard InChI is InChI=1S/C16H15ClO3/c17-12-7-5-11(6-8-12)9-13(18)16-10-19-14-3-1-2-4-15(14)20-16/h1-8,13,16,18H,9-10H2. The molecule has 0 aromatic heterocycles. The fourth-order valence-electron chi connectivity index (χ4n) is 2.22. The molecule has 2 aromatic rings. The van der Waals surface area contributed by atoms with Crippen LogP contribution in [0.5, 0.6) is 11.5 Å². The monoisotopic (exact) mass is 290 g/mol. The molecule has 0 radical (unpaired) electrons. The minimum absolute atomic E-state index is 0.353. The fourth-order valence-corrected chi connectivity index (χ4v) is 2.34. The van der Waals surface area contributed by atoms with Gasteiger partial charge >= 0.3 is 0 Å². The van der Waals surface area contributed by atoms with Crippen molar-refractivity contribution in [3.05, 3.63) is 59.1 Å². The lowest BCUT2D eigenvalue weighted by Crippen LogP contribution is -2.40. The van der Waals surface area contributed by atoms with Gasteiger partial charge in [-0.25, -0.2) is 0 Å². The van der Waals surface area contributed by atoms with Gasteiger partial charge in [-0.15, -0.1) is 0 Å². The first-order valence-corrected chi connectivity index (χ1v) is 6.91. The van der Waals surface area contributed by atoms with E-state index in [1.54, 1.807) is 0 Å². The zero-order chi connectivity index (χ0) is 13.9. The highest BCUT2D eigenvalue weighted by Crippen LogP contribution is 2.32. The largest absolute Gasteiger partial charge is 0.486 e. The van der Waals surface area contributed by atoms with Crippen LogP contribution in [0.2, 0.25) is 5.02 Å². The molecule has 1 aliphatic rings. The Morgan fingerprint density at radius 3 is 2.55 bits per heavy atom. The molecular formula is C16H15ClO3. The van der Waals surface area contributed by atoms with Crippen LogP contribution < -0.4 is 9.47 Å². The van der Waals surface area contributed by atoms with Gasteiger partial charge in [0, 0.05) is 11.4 Å². The maximum absolute atomic E-state index is 10.3. The smallest absolute Gasteiger partial charge is 0.161 e. The first-order valence-electron chi connectivity index (χ1n) is 6.53. The van der Waals surface area contributed by atoms with Crippen molar-refractivity contribution in [2.24, 2.45) is 0 Å². The molecule has 0 saturated carbocycles. The number of benzene rings is 2. The maximum atomic E-state index is 10.3. The van der Waals surface area contributed by atoms with Crippen molar-refractivity contribution in [2.75, 3.05) is 6.61 Å². The van der Waals surface area contributed by atoms with Gasteiger partial charge in [0.2, 0.25) is 0 Å². The third kappa shape index (κ3) is 2.89. The molecule has 2 unspecified atom stereocenters. The van der Waals surface area contributed by atoms with Crippen molar-refractivity contribution in [1.82, 2.24) is 0 Å². The molecule has 0 aliphatic carbocycles. The predicted molar refractivity (Wildman–Crippen MR) is 77.5 cm³/mol. The van der Waals surface area contributed by atoms with E-state index in [1.807, 2.05) is 48.5 Å². The van der Waals surface area contributed by atoms with Gasteiger partial charge in [-0.1, -0.05) is 35.9 Å². The molecule has 2 atom stereocenters. The summed E-state index contributed by atoms with van der Waals surface area (Å²) in [6.45, 7) is 0.353. The average molecular weight is 291 g/mol.